The van der Waals surface area contributed by atoms with Gasteiger partial charge in [-0.2, -0.15) is 0 Å². The lowest BCUT2D eigenvalue weighted by atomic mass is 10.2. The van der Waals surface area contributed by atoms with Gasteiger partial charge < -0.3 is 10.1 Å². The molecule has 1 unspecified atom stereocenters. The summed E-state index contributed by atoms with van der Waals surface area (Å²) in [5.41, 5.74) is 1.09. The van der Waals surface area contributed by atoms with Crippen molar-refractivity contribution in [1.29, 1.82) is 0 Å². The Kier molecular flexibility index (Phi) is 4.87. The van der Waals surface area contributed by atoms with Crippen molar-refractivity contribution in [2.24, 2.45) is 0 Å². The maximum atomic E-state index is 5.86. The number of benzene rings is 1. The van der Waals surface area contributed by atoms with Gasteiger partial charge >= 0.3 is 0 Å². The first kappa shape index (κ1) is 13.7. The van der Waals surface area contributed by atoms with Crippen LogP contribution in [0.3, 0.4) is 0 Å². The van der Waals surface area contributed by atoms with Crippen molar-refractivity contribution in [3.63, 3.8) is 0 Å². The van der Waals surface area contributed by atoms with E-state index in [0.29, 0.717) is 6.04 Å². The molecule has 1 saturated heterocycles. The van der Waals surface area contributed by atoms with E-state index < -0.39 is 0 Å². The summed E-state index contributed by atoms with van der Waals surface area (Å²) >= 11 is 5.86. The predicted octanol–water partition coefficient (Wildman–Crippen LogP) is 2.86. The standard InChI is InChI=1S/C14H21ClN2O/c1-11(2)17-7-8-18-14(10-17)9-16-13-5-3-12(15)4-6-13/h3-6,11,14,16H,7-10H2,1-2H3. The molecule has 1 aromatic rings. The Morgan fingerprint density at radius 1 is 1.39 bits per heavy atom. The van der Waals surface area contributed by atoms with Crippen molar-refractivity contribution in [3.05, 3.63) is 29.3 Å². The van der Waals surface area contributed by atoms with Crippen molar-refractivity contribution in [3.8, 4) is 0 Å². The van der Waals surface area contributed by atoms with Gasteiger partial charge in [0.1, 0.15) is 0 Å². The Morgan fingerprint density at radius 3 is 2.78 bits per heavy atom. The van der Waals surface area contributed by atoms with Crippen LogP contribution in [-0.4, -0.2) is 43.3 Å². The van der Waals surface area contributed by atoms with Gasteiger partial charge in [-0.1, -0.05) is 11.6 Å². The minimum Gasteiger partial charge on any atom is -0.382 e. The first-order valence-corrected chi connectivity index (χ1v) is 6.88. The third-order valence-electron chi connectivity index (χ3n) is 3.28. The third kappa shape index (κ3) is 3.87. The second kappa shape index (κ2) is 6.41. The van der Waals surface area contributed by atoms with Crippen LogP contribution in [-0.2, 0) is 4.74 Å². The van der Waals surface area contributed by atoms with Crippen LogP contribution in [0.25, 0.3) is 0 Å². The fraction of sp³-hybridized carbons (Fsp3) is 0.571. The average molecular weight is 269 g/mol. The summed E-state index contributed by atoms with van der Waals surface area (Å²) in [6, 6.07) is 8.36. The molecule has 0 radical (unpaired) electrons. The number of hydrogen-bond donors (Lipinski definition) is 1. The van der Waals surface area contributed by atoms with Crippen molar-refractivity contribution in [2.75, 3.05) is 31.6 Å². The number of nitrogens with one attached hydrogen (secondary N) is 1. The Labute approximate surface area is 114 Å². The summed E-state index contributed by atoms with van der Waals surface area (Å²) in [6.45, 7) is 8.16. The van der Waals surface area contributed by atoms with Crippen LogP contribution >= 0.6 is 11.6 Å². The van der Waals surface area contributed by atoms with E-state index in [1.165, 1.54) is 0 Å². The third-order valence-corrected chi connectivity index (χ3v) is 3.53. The maximum Gasteiger partial charge on any atom is 0.0874 e. The predicted molar refractivity (Wildman–Crippen MR) is 76.4 cm³/mol. The van der Waals surface area contributed by atoms with Gasteiger partial charge in [-0.15, -0.1) is 0 Å². The molecule has 1 N–H and O–H groups in total. The number of morpholine rings is 1. The summed E-state index contributed by atoms with van der Waals surface area (Å²) < 4.78 is 5.77. The number of halogens is 1. The largest absolute Gasteiger partial charge is 0.382 e. The van der Waals surface area contributed by atoms with E-state index in [4.69, 9.17) is 16.3 Å². The van der Waals surface area contributed by atoms with E-state index in [0.717, 1.165) is 37.0 Å². The number of anilines is 1. The van der Waals surface area contributed by atoms with Crippen molar-refractivity contribution < 1.29 is 4.74 Å². The minimum absolute atomic E-state index is 0.261. The molecule has 0 bridgehead atoms. The Bertz CT molecular complexity index is 367. The molecule has 1 heterocycles. The van der Waals surface area contributed by atoms with E-state index in [2.05, 4.69) is 24.1 Å². The van der Waals surface area contributed by atoms with E-state index in [9.17, 15) is 0 Å². The van der Waals surface area contributed by atoms with Gasteiger partial charge in [-0.05, 0) is 38.1 Å². The molecule has 1 atom stereocenters. The van der Waals surface area contributed by atoms with Crippen LogP contribution < -0.4 is 5.32 Å². The second-order valence-electron chi connectivity index (χ2n) is 4.97. The molecule has 0 amide bonds. The molecule has 100 valence electrons. The monoisotopic (exact) mass is 268 g/mol. The van der Waals surface area contributed by atoms with Gasteiger partial charge in [0.05, 0.1) is 12.7 Å². The highest BCUT2D eigenvalue weighted by Gasteiger charge is 2.21. The van der Waals surface area contributed by atoms with Gasteiger partial charge in [-0.3, -0.25) is 4.90 Å². The van der Waals surface area contributed by atoms with E-state index in [1.54, 1.807) is 0 Å². The topological polar surface area (TPSA) is 24.5 Å². The van der Waals surface area contributed by atoms with Gasteiger partial charge in [0.25, 0.3) is 0 Å². The summed E-state index contributed by atoms with van der Waals surface area (Å²) in [4.78, 5) is 2.46. The molecule has 1 fully saturated rings. The zero-order valence-electron chi connectivity index (χ0n) is 11.0. The van der Waals surface area contributed by atoms with E-state index in [-0.39, 0.29) is 6.10 Å². The fourth-order valence-corrected chi connectivity index (χ4v) is 2.26. The number of ether oxygens (including phenoxy) is 1. The normalized spacial score (nSPS) is 21.2. The molecule has 2 rings (SSSR count). The maximum absolute atomic E-state index is 5.86. The first-order valence-electron chi connectivity index (χ1n) is 6.50. The van der Waals surface area contributed by atoms with Gasteiger partial charge in [0.2, 0.25) is 0 Å². The van der Waals surface area contributed by atoms with Crippen molar-refractivity contribution >= 4 is 17.3 Å². The molecule has 3 nitrogen and oxygen atoms in total. The molecular formula is C14H21ClN2O. The Balaban J connectivity index is 1.81. The molecule has 1 aliphatic rings. The first-order chi connectivity index (χ1) is 8.65. The molecule has 4 heteroatoms. The van der Waals surface area contributed by atoms with Crippen molar-refractivity contribution in [1.82, 2.24) is 4.90 Å². The van der Waals surface area contributed by atoms with Gasteiger partial charge in [0.15, 0.2) is 0 Å². The number of rotatable bonds is 4. The lowest BCUT2D eigenvalue weighted by molar-refractivity contribution is -0.0315. The summed E-state index contributed by atoms with van der Waals surface area (Å²) in [5.74, 6) is 0. The lowest BCUT2D eigenvalue weighted by Crippen LogP contribution is -2.48. The number of nitrogens with zero attached hydrogens (tertiary/aromatic N) is 1. The fourth-order valence-electron chi connectivity index (χ4n) is 2.13. The molecule has 0 spiro atoms. The van der Waals surface area contributed by atoms with Crippen LogP contribution in [0.4, 0.5) is 5.69 Å². The zero-order valence-corrected chi connectivity index (χ0v) is 11.8. The smallest absolute Gasteiger partial charge is 0.0874 e. The van der Waals surface area contributed by atoms with Crippen LogP contribution in [0.1, 0.15) is 13.8 Å². The van der Waals surface area contributed by atoms with Crippen molar-refractivity contribution in [2.45, 2.75) is 26.0 Å². The molecular weight excluding hydrogens is 248 g/mol. The van der Waals surface area contributed by atoms with Gasteiger partial charge in [0, 0.05) is 36.4 Å². The zero-order chi connectivity index (χ0) is 13.0. The highest BCUT2D eigenvalue weighted by atomic mass is 35.5. The van der Waals surface area contributed by atoms with Crippen LogP contribution in [0.15, 0.2) is 24.3 Å². The quantitative estimate of drug-likeness (QED) is 0.909. The van der Waals surface area contributed by atoms with Crippen LogP contribution in [0.5, 0.6) is 0 Å². The Hall–Kier alpha value is -0.770. The molecule has 1 aliphatic heterocycles. The summed E-state index contributed by atoms with van der Waals surface area (Å²) in [5, 5.41) is 4.16. The molecule has 1 aromatic carbocycles. The van der Waals surface area contributed by atoms with Gasteiger partial charge in [-0.25, -0.2) is 0 Å². The highest BCUT2D eigenvalue weighted by molar-refractivity contribution is 6.30. The second-order valence-corrected chi connectivity index (χ2v) is 5.41. The lowest BCUT2D eigenvalue weighted by Gasteiger charge is -2.35. The SMILES string of the molecule is CC(C)N1CCOC(CNc2ccc(Cl)cc2)C1. The van der Waals surface area contributed by atoms with E-state index >= 15 is 0 Å². The molecule has 0 saturated carbocycles. The minimum atomic E-state index is 0.261. The summed E-state index contributed by atoms with van der Waals surface area (Å²) in [6.07, 6.45) is 0.261. The number of hydrogen-bond acceptors (Lipinski definition) is 3. The van der Waals surface area contributed by atoms with Crippen LogP contribution in [0, 0.1) is 0 Å². The average Bonchev–Trinajstić information content (AvgIpc) is 2.38. The van der Waals surface area contributed by atoms with E-state index in [1.807, 2.05) is 24.3 Å². The highest BCUT2D eigenvalue weighted by Crippen LogP contribution is 2.14. The van der Waals surface area contributed by atoms with Crippen LogP contribution in [0.2, 0.25) is 5.02 Å². The summed E-state index contributed by atoms with van der Waals surface area (Å²) in [7, 11) is 0. The Morgan fingerprint density at radius 2 is 2.11 bits per heavy atom. The molecule has 18 heavy (non-hydrogen) atoms. The molecule has 0 aliphatic carbocycles. The molecule has 0 aromatic heterocycles.